The summed E-state index contributed by atoms with van der Waals surface area (Å²) in [6.45, 7) is 5.90. The van der Waals surface area contributed by atoms with Crippen LogP contribution in [0.15, 0.2) is 30.8 Å². The van der Waals surface area contributed by atoms with Gasteiger partial charge in [0, 0.05) is 0 Å². The maximum absolute atomic E-state index is 13.0. The van der Waals surface area contributed by atoms with Gasteiger partial charge in [-0.2, -0.15) is 0 Å². The van der Waals surface area contributed by atoms with Crippen molar-refractivity contribution in [3.8, 4) is 5.75 Å². The molecule has 0 atom stereocenters. The average molecular weight is 178 g/mol. The topological polar surface area (TPSA) is 9.23 Å². The zero-order chi connectivity index (χ0) is 9.84. The summed E-state index contributed by atoms with van der Waals surface area (Å²) in [6.07, 6.45) is 0. The SMILES string of the molecule is C=CB(C)c1ccc(F)c(OC)c1. The Hall–Kier alpha value is -1.25. The summed E-state index contributed by atoms with van der Waals surface area (Å²) >= 11 is 0. The van der Waals surface area contributed by atoms with Crippen LogP contribution in [0, 0.1) is 5.82 Å². The molecule has 0 saturated heterocycles. The van der Waals surface area contributed by atoms with E-state index in [9.17, 15) is 4.39 Å². The van der Waals surface area contributed by atoms with Crippen LogP contribution in [0.5, 0.6) is 5.75 Å². The van der Waals surface area contributed by atoms with Crippen LogP contribution in [-0.2, 0) is 0 Å². The number of hydrogen-bond donors (Lipinski definition) is 0. The predicted octanol–water partition coefficient (Wildman–Crippen LogP) is 1.89. The molecule has 0 amide bonds. The van der Waals surface area contributed by atoms with Crippen LogP contribution < -0.4 is 10.2 Å². The van der Waals surface area contributed by atoms with Crippen LogP contribution >= 0.6 is 0 Å². The van der Waals surface area contributed by atoms with E-state index in [-0.39, 0.29) is 18.3 Å². The fourth-order valence-electron chi connectivity index (χ4n) is 1.10. The number of benzene rings is 1. The minimum absolute atomic E-state index is 0.217. The molecule has 0 heterocycles. The highest BCUT2D eigenvalue weighted by molar-refractivity contribution is 6.76. The third-order valence-electron chi connectivity index (χ3n) is 2.05. The van der Waals surface area contributed by atoms with Crippen molar-refractivity contribution in [2.75, 3.05) is 7.11 Å². The molecular formula is C10H12BFO. The largest absolute Gasteiger partial charge is 0.494 e. The van der Waals surface area contributed by atoms with Crippen molar-refractivity contribution in [3.05, 3.63) is 36.6 Å². The summed E-state index contributed by atoms with van der Waals surface area (Å²) in [5.74, 6) is 1.76. The van der Waals surface area contributed by atoms with Crippen LogP contribution in [0.4, 0.5) is 4.39 Å². The molecule has 1 aromatic rings. The predicted molar refractivity (Wildman–Crippen MR) is 54.4 cm³/mol. The van der Waals surface area contributed by atoms with Gasteiger partial charge in [-0.05, 0) is 12.1 Å². The molecule has 0 bridgehead atoms. The van der Waals surface area contributed by atoms with Gasteiger partial charge in [-0.3, -0.25) is 0 Å². The Kier molecular flexibility index (Phi) is 3.12. The minimum Gasteiger partial charge on any atom is -0.494 e. The second kappa shape index (κ2) is 4.12. The molecule has 0 unspecified atom stereocenters. The Labute approximate surface area is 78.3 Å². The molecule has 1 rings (SSSR count). The average Bonchev–Trinajstić information content (AvgIpc) is 2.17. The van der Waals surface area contributed by atoms with Crippen molar-refractivity contribution >= 4 is 12.2 Å². The first-order chi connectivity index (χ1) is 6.19. The van der Waals surface area contributed by atoms with Crippen molar-refractivity contribution in [2.45, 2.75) is 6.82 Å². The fraction of sp³-hybridized carbons (Fsp3) is 0.200. The lowest BCUT2D eigenvalue weighted by atomic mass is 9.47. The molecular weight excluding hydrogens is 166 g/mol. The first-order valence-corrected chi connectivity index (χ1v) is 4.15. The summed E-state index contributed by atoms with van der Waals surface area (Å²) in [5.41, 5.74) is 1.01. The van der Waals surface area contributed by atoms with Crippen LogP contribution in [0.2, 0.25) is 6.82 Å². The molecule has 0 aromatic heterocycles. The van der Waals surface area contributed by atoms with Gasteiger partial charge in [-0.25, -0.2) is 4.39 Å². The molecule has 0 fully saturated rings. The van der Waals surface area contributed by atoms with Crippen molar-refractivity contribution in [1.29, 1.82) is 0 Å². The molecule has 3 heteroatoms. The Balaban J connectivity index is 3.05. The number of ether oxygens (including phenoxy) is 1. The maximum atomic E-state index is 13.0. The maximum Gasteiger partial charge on any atom is 0.197 e. The van der Waals surface area contributed by atoms with E-state index in [2.05, 4.69) is 6.58 Å². The highest BCUT2D eigenvalue weighted by atomic mass is 19.1. The summed E-state index contributed by atoms with van der Waals surface area (Å²) in [5, 5.41) is 0. The Morgan fingerprint density at radius 3 is 2.77 bits per heavy atom. The van der Waals surface area contributed by atoms with E-state index < -0.39 is 0 Å². The Morgan fingerprint density at radius 2 is 2.23 bits per heavy atom. The van der Waals surface area contributed by atoms with Crippen LogP contribution in [-0.4, -0.2) is 13.8 Å². The van der Waals surface area contributed by atoms with Gasteiger partial charge < -0.3 is 4.74 Å². The van der Waals surface area contributed by atoms with E-state index in [0.29, 0.717) is 0 Å². The van der Waals surface area contributed by atoms with Gasteiger partial charge in [0.05, 0.1) is 7.11 Å². The van der Waals surface area contributed by atoms with Gasteiger partial charge in [0.25, 0.3) is 0 Å². The van der Waals surface area contributed by atoms with Gasteiger partial charge >= 0.3 is 0 Å². The quantitative estimate of drug-likeness (QED) is 0.642. The van der Waals surface area contributed by atoms with Crippen LogP contribution in [0.1, 0.15) is 0 Å². The molecule has 68 valence electrons. The normalized spacial score (nSPS) is 9.46. The molecule has 0 radical (unpaired) electrons. The summed E-state index contributed by atoms with van der Waals surface area (Å²) in [6, 6.07) is 4.85. The van der Waals surface area contributed by atoms with E-state index in [0.717, 1.165) is 5.46 Å². The summed E-state index contributed by atoms with van der Waals surface area (Å²) in [7, 11) is 1.46. The summed E-state index contributed by atoms with van der Waals surface area (Å²) in [4.78, 5) is 0. The van der Waals surface area contributed by atoms with E-state index in [1.54, 1.807) is 12.1 Å². The molecule has 1 nitrogen and oxygen atoms in total. The first-order valence-electron chi connectivity index (χ1n) is 4.15. The lowest BCUT2D eigenvalue weighted by Crippen LogP contribution is -2.24. The van der Waals surface area contributed by atoms with Crippen molar-refractivity contribution in [2.24, 2.45) is 0 Å². The minimum atomic E-state index is -0.331. The number of methoxy groups -OCH3 is 1. The van der Waals surface area contributed by atoms with E-state index >= 15 is 0 Å². The monoisotopic (exact) mass is 178 g/mol. The third-order valence-corrected chi connectivity index (χ3v) is 2.05. The molecule has 0 spiro atoms. The highest BCUT2D eigenvalue weighted by Gasteiger charge is 2.08. The van der Waals surface area contributed by atoms with Gasteiger partial charge in [-0.1, -0.05) is 18.4 Å². The molecule has 0 aliphatic carbocycles. The zero-order valence-corrected chi connectivity index (χ0v) is 7.88. The second-order valence-electron chi connectivity index (χ2n) is 2.92. The fourth-order valence-corrected chi connectivity index (χ4v) is 1.10. The smallest absolute Gasteiger partial charge is 0.197 e. The standard InChI is InChI=1S/C10H12BFO/c1-4-11(2)8-5-6-9(12)10(7-8)13-3/h4-7H,1H2,2-3H3. The van der Waals surface area contributed by atoms with Gasteiger partial charge in [0.1, 0.15) is 0 Å². The van der Waals surface area contributed by atoms with E-state index in [1.807, 2.05) is 12.8 Å². The Bertz CT molecular complexity index is 312. The second-order valence-corrected chi connectivity index (χ2v) is 2.92. The van der Waals surface area contributed by atoms with Crippen molar-refractivity contribution in [3.63, 3.8) is 0 Å². The van der Waals surface area contributed by atoms with Gasteiger partial charge in [-0.15, -0.1) is 12.6 Å². The number of halogens is 1. The van der Waals surface area contributed by atoms with Crippen LogP contribution in [0.3, 0.4) is 0 Å². The molecule has 0 N–H and O–H groups in total. The zero-order valence-electron chi connectivity index (χ0n) is 7.88. The number of rotatable bonds is 3. The summed E-state index contributed by atoms with van der Waals surface area (Å²) < 4.78 is 17.9. The van der Waals surface area contributed by atoms with E-state index in [4.69, 9.17) is 4.74 Å². The van der Waals surface area contributed by atoms with Gasteiger partial charge in [0.15, 0.2) is 18.3 Å². The van der Waals surface area contributed by atoms with Gasteiger partial charge in [0.2, 0.25) is 0 Å². The van der Waals surface area contributed by atoms with Crippen molar-refractivity contribution < 1.29 is 9.13 Å². The highest BCUT2D eigenvalue weighted by Crippen LogP contribution is 2.13. The molecule has 0 aliphatic rings. The Morgan fingerprint density at radius 1 is 1.54 bits per heavy atom. The molecule has 13 heavy (non-hydrogen) atoms. The van der Waals surface area contributed by atoms with E-state index in [1.165, 1.54) is 13.2 Å². The number of hydrogen-bond acceptors (Lipinski definition) is 1. The molecule has 1 aromatic carbocycles. The van der Waals surface area contributed by atoms with Crippen molar-refractivity contribution in [1.82, 2.24) is 0 Å². The molecule has 0 saturated carbocycles. The van der Waals surface area contributed by atoms with Crippen LogP contribution in [0.25, 0.3) is 0 Å². The lowest BCUT2D eigenvalue weighted by molar-refractivity contribution is 0.387. The first kappa shape index (κ1) is 9.84. The third kappa shape index (κ3) is 2.11. The molecule has 0 aliphatic heterocycles. The lowest BCUT2D eigenvalue weighted by Gasteiger charge is -2.06.